The highest BCUT2D eigenvalue weighted by molar-refractivity contribution is 9.10. The van der Waals surface area contributed by atoms with Crippen LogP contribution in [0.1, 0.15) is 24.2 Å². The quantitative estimate of drug-likeness (QED) is 0.687. The summed E-state index contributed by atoms with van der Waals surface area (Å²) in [4.78, 5) is 12.2. The molecule has 0 aliphatic rings. The van der Waals surface area contributed by atoms with Gasteiger partial charge in [0.1, 0.15) is 10.6 Å². The van der Waals surface area contributed by atoms with Crippen molar-refractivity contribution in [3.63, 3.8) is 0 Å². The second-order valence-corrected chi connectivity index (χ2v) is 8.65. The number of nitrogens with one attached hydrogen (secondary N) is 2. The van der Waals surface area contributed by atoms with Gasteiger partial charge in [-0.2, -0.15) is 0 Å². The maximum Gasteiger partial charge on any atom is 0.265 e. The first-order valence-electron chi connectivity index (χ1n) is 7.97. The molecule has 0 spiro atoms. The number of methoxy groups -OCH3 is 1. The summed E-state index contributed by atoms with van der Waals surface area (Å²) in [6, 6.07) is 11.0. The van der Waals surface area contributed by atoms with E-state index in [2.05, 4.69) is 26.0 Å². The summed E-state index contributed by atoms with van der Waals surface area (Å²) in [5, 5.41) is 2.77. The van der Waals surface area contributed by atoms with Crippen molar-refractivity contribution < 1.29 is 17.9 Å². The van der Waals surface area contributed by atoms with Crippen molar-refractivity contribution in [1.82, 2.24) is 5.32 Å². The Morgan fingerprint density at radius 1 is 1.15 bits per heavy atom. The third-order valence-electron chi connectivity index (χ3n) is 3.48. The highest BCUT2D eigenvalue weighted by Crippen LogP contribution is 2.27. The van der Waals surface area contributed by atoms with E-state index in [1.807, 2.05) is 13.8 Å². The summed E-state index contributed by atoms with van der Waals surface area (Å²) in [6.45, 7) is 4.46. The zero-order chi connectivity index (χ0) is 19.3. The molecule has 6 nitrogen and oxygen atoms in total. The van der Waals surface area contributed by atoms with Crippen LogP contribution < -0.4 is 14.8 Å². The van der Waals surface area contributed by atoms with E-state index in [4.69, 9.17) is 4.74 Å². The maximum absolute atomic E-state index is 12.8. The van der Waals surface area contributed by atoms with Crippen LogP contribution in [0.3, 0.4) is 0 Å². The Hall–Kier alpha value is -2.06. The zero-order valence-corrected chi connectivity index (χ0v) is 17.1. The number of hydrogen-bond donors (Lipinski definition) is 2. The van der Waals surface area contributed by atoms with E-state index < -0.39 is 10.0 Å². The van der Waals surface area contributed by atoms with Crippen molar-refractivity contribution in [1.29, 1.82) is 0 Å². The Morgan fingerprint density at radius 2 is 1.81 bits per heavy atom. The topological polar surface area (TPSA) is 84.5 Å². The van der Waals surface area contributed by atoms with Crippen LogP contribution in [0.4, 0.5) is 5.69 Å². The molecule has 0 unspecified atom stereocenters. The van der Waals surface area contributed by atoms with E-state index in [1.54, 1.807) is 24.3 Å². The fourth-order valence-electron chi connectivity index (χ4n) is 2.15. The van der Waals surface area contributed by atoms with E-state index in [-0.39, 0.29) is 22.1 Å². The Balaban J connectivity index is 2.34. The van der Waals surface area contributed by atoms with Crippen molar-refractivity contribution in [2.45, 2.75) is 18.7 Å². The Labute approximate surface area is 162 Å². The fraction of sp³-hybridized carbons (Fsp3) is 0.278. The second kappa shape index (κ2) is 8.55. The lowest BCUT2D eigenvalue weighted by Gasteiger charge is -2.14. The normalized spacial score (nSPS) is 11.3. The maximum atomic E-state index is 12.8. The molecule has 0 saturated carbocycles. The number of amides is 1. The molecule has 0 saturated heterocycles. The van der Waals surface area contributed by atoms with Crippen LogP contribution in [0.2, 0.25) is 0 Å². The Bertz CT molecular complexity index is 881. The van der Waals surface area contributed by atoms with Gasteiger partial charge < -0.3 is 10.1 Å². The molecular formula is C18H21BrN2O4S. The van der Waals surface area contributed by atoms with Gasteiger partial charge in [0.05, 0.1) is 7.11 Å². The Kier molecular flexibility index (Phi) is 6.66. The van der Waals surface area contributed by atoms with Crippen LogP contribution in [0.15, 0.2) is 51.8 Å². The molecule has 2 rings (SSSR count). The Morgan fingerprint density at radius 3 is 2.38 bits per heavy atom. The minimum absolute atomic E-state index is 0.0971. The van der Waals surface area contributed by atoms with E-state index >= 15 is 0 Å². The summed E-state index contributed by atoms with van der Waals surface area (Å²) in [7, 11) is -2.55. The number of halogens is 1. The zero-order valence-electron chi connectivity index (χ0n) is 14.7. The minimum atomic E-state index is -3.93. The van der Waals surface area contributed by atoms with Crippen LogP contribution >= 0.6 is 15.9 Å². The van der Waals surface area contributed by atoms with Crippen LogP contribution in [0, 0.1) is 5.92 Å². The molecule has 0 bridgehead atoms. The molecule has 0 aliphatic heterocycles. The molecule has 0 fully saturated rings. The van der Waals surface area contributed by atoms with Crippen molar-refractivity contribution in [2.24, 2.45) is 5.92 Å². The molecule has 2 N–H and O–H groups in total. The molecular weight excluding hydrogens is 420 g/mol. The number of benzene rings is 2. The summed E-state index contributed by atoms with van der Waals surface area (Å²) < 4.78 is 34.0. The number of ether oxygens (including phenoxy) is 1. The number of carbonyl (C=O) groups excluding carboxylic acids is 1. The lowest BCUT2D eigenvalue weighted by Crippen LogP contribution is -2.27. The molecule has 0 aromatic heterocycles. The molecule has 2 aromatic carbocycles. The van der Waals surface area contributed by atoms with Gasteiger partial charge in [0, 0.05) is 22.3 Å². The van der Waals surface area contributed by atoms with Crippen molar-refractivity contribution in [2.75, 3.05) is 18.4 Å². The SMILES string of the molecule is COc1ccc(C(=O)NCC(C)C)cc1S(=O)(=O)Nc1ccc(Br)cc1. The number of carbonyl (C=O) groups is 1. The first-order valence-corrected chi connectivity index (χ1v) is 10.2. The fourth-order valence-corrected chi connectivity index (χ4v) is 3.67. The van der Waals surface area contributed by atoms with Crippen LogP contribution in [-0.4, -0.2) is 28.0 Å². The van der Waals surface area contributed by atoms with E-state index in [0.717, 1.165) is 4.47 Å². The average molecular weight is 441 g/mol. The molecule has 0 heterocycles. The van der Waals surface area contributed by atoms with Gasteiger partial charge >= 0.3 is 0 Å². The average Bonchev–Trinajstić information content (AvgIpc) is 2.60. The predicted octanol–water partition coefficient (Wildman–Crippen LogP) is 3.64. The van der Waals surface area contributed by atoms with Crippen molar-refractivity contribution >= 4 is 37.5 Å². The number of hydrogen-bond acceptors (Lipinski definition) is 4. The van der Waals surface area contributed by atoms with Gasteiger partial charge in [0.2, 0.25) is 0 Å². The van der Waals surface area contributed by atoms with Crippen LogP contribution in [-0.2, 0) is 10.0 Å². The van der Waals surface area contributed by atoms with Gasteiger partial charge in [0.25, 0.3) is 15.9 Å². The summed E-state index contributed by atoms with van der Waals surface area (Å²) in [5.74, 6) is 0.121. The van der Waals surface area contributed by atoms with E-state index in [9.17, 15) is 13.2 Å². The third-order valence-corrected chi connectivity index (χ3v) is 5.41. The van der Waals surface area contributed by atoms with Crippen molar-refractivity contribution in [3.8, 4) is 5.75 Å². The highest BCUT2D eigenvalue weighted by Gasteiger charge is 2.22. The van der Waals surface area contributed by atoms with Crippen LogP contribution in [0.25, 0.3) is 0 Å². The lowest BCUT2D eigenvalue weighted by atomic mass is 10.2. The third kappa shape index (κ3) is 5.22. The van der Waals surface area contributed by atoms with Gasteiger partial charge in [-0.3, -0.25) is 9.52 Å². The molecule has 0 atom stereocenters. The van der Waals surface area contributed by atoms with Crippen molar-refractivity contribution in [3.05, 3.63) is 52.5 Å². The molecule has 140 valence electrons. The smallest absolute Gasteiger partial charge is 0.265 e. The van der Waals surface area contributed by atoms with E-state index in [0.29, 0.717) is 18.2 Å². The highest BCUT2D eigenvalue weighted by atomic mass is 79.9. The van der Waals surface area contributed by atoms with Gasteiger partial charge in [-0.1, -0.05) is 29.8 Å². The predicted molar refractivity (Wildman–Crippen MR) is 105 cm³/mol. The number of sulfonamides is 1. The monoisotopic (exact) mass is 440 g/mol. The molecule has 0 radical (unpaired) electrons. The molecule has 8 heteroatoms. The van der Waals surface area contributed by atoms with Gasteiger partial charge in [0.15, 0.2) is 0 Å². The number of rotatable bonds is 7. The van der Waals surface area contributed by atoms with Gasteiger partial charge in [-0.25, -0.2) is 8.42 Å². The number of anilines is 1. The first kappa shape index (κ1) is 20.3. The van der Waals surface area contributed by atoms with Gasteiger partial charge in [-0.05, 0) is 48.4 Å². The first-order chi connectivity index (χ1) is 12.2. The summed E-state index contributed by atoms with van der Waals surface area (Å²) >= 11 is 3.30. The minimum Gasteiger partial charge on any atom is -0.495 e. The molecule has 0 aliphatic carbocycles. The summed E-state index contributed by atoms with van der Waals surface area (Å²) in [5.41, 5.74) is 0.660. The second-order valence-electron chi connectivity index (χ2n) is 6.08. The standard InChI is InChI=1S/C18H21BrN2O4S/c1-12(2)11-20-18(22)13-4-9-16(25-3)17(10-13)26(23,24)21-15-7-5-14(19)6-8-15/h4-10,12,21H,11H2,1-3H3,(H,20,22). The molecule has 2 aromatic rings. The summed E-state index contributed by atoms with van der Waals surface area (Å²) in [6.07, 6.45) is 0. The van der Waals surface area contributed by atoms with Crippen LogP contribution in [0.5, 0.6) is 5.75 Å². The molecule has 1 amide bonds. The van der Waals surface area contributed by atoms with E-state index in [1.165, 1.54) is 25.3 Å². The molecule has 26 heavy (non-hydrogen) atoms. The van der Waals surface area contributed by atoms with Gasteiger partial charge in [-0.15, -0.1) is 0 Å². The lowest BCUT2D eigenvalue weighted by molar-refractivity contribution is 0.0948. The largest absolute Gasteiger partial charge is 0.495 e.